The predicted molar refractivity (Wildman–Crippen MR) is 65.9 cm³/mol. The second kappa shape index (κ2) is 4.68. The van der Waals surface area contributed by atoms with E-state index < -0.39 is 5.82 Å². The Balaban J connectivity index is 2.15. The zero-order valence-electron chi connectivity index (χ0n) is 8.41. The van der Waals surface area contributed by atoms with Crippen molar-refractivity contribution in [3.63, 3.8) is 0 Å². The third-order valence-corrected chi connectivity index (χ3v) is 3.06. The summed E-state index contributed by atoms with van der Waals surface area (Å²) in [7, 11) is 0. The average Bonchev–Trinajstić information content (AvgIpc) is 2.70. The van der Waals surface area contributed by atoms with Gasteiger partial charge in [-0.2, -0.15) is 0 Å². The number of anilines is 2. The highest BCUT2D eigenvalue weighted by Gasteiger charge is 2.10. The third-order valence-electron chi connectivity index (χ3n) is 1.92. The number of amides is 1. The molecule has 0 spiro atoms. The lowest BCUT2D eigenvalue weighted by molar-refractivity contribution is 0.103. The lowest BCUT2D eigenvalue weighted by Crippen LogP contribution is -2.10. The van der Waals surface area contributed by atoms with E-state index in [4.69, 9.17) is 17.3 Å². The van der Waals surface area contributed by atoms with Gasteiger partial charge >= 0.3 is 0 Å². The molecule has 2 aromatic rings. The molecule has 17 heavy (non-hydrogen) atoms. The molecule has 0 aliphatic carbocycles. The van der Waals surface area contributed by atoms with Gasteiger partial charge < -0.3 is 11.1 Å². The molecule has 1 heterocycles. The van der Waals surface area contributed by atoms with Gasteiger partial charge in [0.1, 0.15) is 10.7 Å². The summed E-state index contributed by atoms with van der Waals surface area (Å²) in [5.41, 5.74) is 5.73. The minimum Gasteiger partial charge on any atom is -0.375 e. The second-order valence-corrected chi connectivity index (χ2v) is 4.62. The van der Waals surface area contributed by atoms with Crippen molar-refractivity contribution < 1.29 is 9.18 Å². The number of carbonyl (C=O) groups excluding carboxylic acids is 1. The number of nitrogens with one attached hydrogen (secondary N) is 1. The van der Waals surface area contributed by atoms with E-state index in [0.29, 0.717) is 15.7 Å². The Morgan fingerprint density at radius 3 is 2.88 bits per heavy atom. The van der Waals surface area contributed by atoms with Crippen LogP contribution in [0.4, 0.5) is 15.2 Å². The molecule has 0 radical (unpaired) electrons. The summed E-state index contributed by atoms with van der Waals surface area (Å²) < 4.78 is 13.1. The highest BCUT2D eigenvalue weighted by Crippen LogP contribution is 2.20. The Labute approximate surface area is 105 Å². The SMILES string of the molecule is Nc1ncc(C(=O)Nc2ccc(Cl)c(F)c2)s1. The lowest BCUT2D eigenvalue weighted by Gasteiger charge is -2.03. The van der Waals surface area contributed by atoms with Crippen molar-refractivity contribution in [3.05, 3.63) is 40.1 Å². The van der Waals surface area contributed by atoms with E-state index in [-0.39, 0.29) is 10.9 Å². The zero-order valence-corrected chi connectivity index (χ0v) is 9.98. The van der Waals surface area contributed by atoms with E-state index in [1.807, 2.05) is 0 Å². The number of nitrogen functional groups attached to an aromatic ring is 1. The molecule has 1 amide bonds. The lowest BCUT2D eigenvalue weighted by atomic mass is 10.3. The molecular weight excluding hydrogens is 265 g/mol. The molecule has 0 unspecified atom stereocenters. The number of halogens is 2. The van der Waals surface area contributed by atoms with Crippen LogP contribution in [0.3, 0.4) is 0 Å². The number of hydrogen-bond donors (Lipinski definition) is 2. The summed E-state index contributed by atoms with van der Waals surface area (Å²) in [6, 6.07) is 4.02. The molecule has 0 saturated carbocycles. The smallest absolute Gasteiger partial charge is 0.267 e. The van der Waals surface area contributed by atoms with Gasteiger partial charge in [-0.25, -0.2) is 9.37 Å². The number of aromatic nitrogens is 1. The number of nitrogens with zero attached hydrogens (tertiary/aromatic N) is 1. The van der Waals surface area contributed by atoms with Crippen molar-refractivity contribution >= 4 is 39.7 Å². The van der Waals surface area contributed by atoms with Gasteiger partial charge in [-0.15, -0.1) is 0 Å². The highest BCUT2D eigenvalue weighted by molar-refractivity contribution is 7.17. The second-order valence-electron chi connectivity index (χ2n) is 3.15. The Morgan fingerprint density at radius 2 is 2.29 bits per heavy atom. The fourth-order valence-corrected chi connectivity index (χ4v) is 1.86. The third kappa shape index (κ3) is 2.72. The van der Waals surface area contributed by atoms with E-state index in [9.17, 15) is 9.18 Å². The Hall–Kier alpha value is -1.66. The van der Waals surface area contributed by atoms with Crippen LogP contribution in [0.25, 0.3) is 0 Å². The van der Waals surface area contributed by atoms with E-state index in [0.717, 1.165) is 17.4 Å². The number of rotatable bonds is 2. The van der Waals surface area contributed by atoms with Gasteiger partial charge in [0.05, 0.1) is 11.2 Å². The van der Waals surface area contributed by atoms with E-state index in [2.05, 4.69) is 10.3 Å². The monoisotopic (exact) mass is 271 g/mol. The normalized spacial score (nSPS) is 10.2. The van der Waals surface area contributed by atoms with Crippen molar-refractivity contribution in [3.8, 4) is 0 Å². The molecule has 7 heteroatoms. The van der Waals surface area contributed by atoms with Crippen LogP contribution in [0, 0.1) is 5.82 Å². The Bertz CT molecular complexity index is 572. The van der Waals surface area contributed by atoms with Crippen LogP contribution in [0.15, 0.2) is 24.4 Å². The van der Waals surface area contributed by atoms with Crippen molar-refractivity contribution in [1.82, 2.24) is 4.98 Å². The van der Waals surface area contributed by atoms with Gasteiger partial charge in [0, 0.05) is 5.69 Å². The molecule has 4 nitrogen and oxygen atoms in total. The summed E-state index contributed by atoms with van der Waals surface area (Å²) >= 11 is 6.58. The maximum Gasteiger partial charge on any atom is 0.267 e. The topological polar surface area (TPSA) is 68.0 Å². The van der Waals surface area contributed by atoms with Crippen molar-refractivity contribution in [1.29, 1.82) is 0 Å². The van der Waals surface area contributed by atoms with Crippen molar-refractivity contribution in [2.24, 2.45) is 0 Å². The molecule has 0 bridgehead atoms. The first-order valence-corrected chi connectivity index (χ1v) is 5.73. The first kappa shape index (κ1) is 11.8. The minimum atomic E-state index is -0.590. The number of thiazole rings is 1. The van der Waals surface area contributed by atoms with Gasteiger partial charge in [0.25, 0.3) is 5.91 Å². The van der Waals surface area contributed by atoms with Crippen LogP contribution < -0.4 is 11.1 Å². The maximum absolute atomic E-state index is 13.1. The van der Waals surface area contributed by atoms with Crippen LogP contribution in [-0.4, -0.2) is 10.9 Å². The molecule has 0 aliphatic heterocycles. The molecule has 0 fully saturated rings. The quantitative estimate of drug-likeness (QED) is 0.882. The zero-order chi connectivity index (χ0) is 12.4. The van der Waals surface area contributed by atoms with Crippen molar-refractivity contribution in [2.75, 3.05) is 11.1 Å². The van der Waals surface area contributed by atoms with Crippen LogP contribution in [-0.2, 0) is 0 Å². The summed E-state index contributed by atoms with van der Waals surface area (Å²) in [4.78, 5) is 15.8. The summed E-state index contributed by atoms with van der Waals surface area (Å²) in [6.07, 6.45) is 1.36. The van der Waals surface area contributed by atoms with Crippen LogP contribution in [0.5, 0.6) is 0 Å². The number of carbonyl (C=O) groups is 1. The molecule has 0 saturated heterocycles. The molecular formula is C10H7ClFN3OS. The summed E-state index contributed by atoms with van der Waals surface area (Å²) in [5, 5.41) is 2.82. The molecule has 0 aliphatic rings. The maximum atomic E-state index is 13.1. The predicted octanol–water partition coefficient (Wildman–Crippen LogP) is 2.77. The Morgan fingerprint density at radius 1 is 1.53 bits per heavy atom. The molecule has 2 rings (SSSR count). The van der Waals surface area contributed by atoms with Crippen LogP contribution in [0.2, 0.25) is 5.02 Å². The van der Waals surface area contributed by atoms with Crippen LogP contribution >= 0.6 is 22.9 Å². The van der Waals surface area contributed by atoms with Gasteiger partial charge in [-0.3, -0.25) is 4.79 Å². The number of nitrogens with two attached hydrogens (primary N) is 1. The molecule has 88 valence electrons. The molecule has 1 aromatic carbocycles. The molecule has 0 atom stereocenters. The molecule has 1 aromatic heterocycles. The van der Waals surface area contributed by atoms with E-state index >= 15 is 0 Å². The number of benzene rings is 1. The van der Waals surface area contributed by atoms with Crippen LogP contribution in [0.1, 0.15) is 9.67 Å². The van der Waals surface area contributed by atoms with E-state index in [1.165, 1.54) is 18.3 Å². The number of hydrogen-bond acceptors (Lipinski definition) is 4. The first-order valence-electron chi connectivity index (χ1n) is 4.54. The fourth-order valence-electron chi connectivity index (χ4n) is 1.16. The van der Waals surface area contributed by atoms with Gasteiger partial charge in [0.15, 0.2) is 5.13 Å². The fraction of sp³-hybridized carbons (Fsp3) is 0. The summed E-state index contributed by atoms with van der Waals surface area (Å²) in [5.74, 6) is -0.978. The minimum absolute atomic E-state index is 0.00466. The van der Waals surface area contributed by atoms with E-state index in [1.54, 1.807) is 0 Å². The van der Waals surface area contributed by atoms with Crippen molar-refractivity contribution in [2.45, 2.75) is 0 Å². The standard InChI is InChI=1S/C10H7ClFN3OS/c11-6-2-1-5(3-7(6)12)15-9(16)8-4-14-10(13)17-8/h1-4H,(H2,13,14)(H,15,16). The highest BCUT2D eigenvalue weighted by atomic mass is 35.5. The van der Waals surface area contributed by atoms with Gasteiger partial charge in [-0.05, 0) is 18.2 Å². The van der Waals surface area contributed by atoms with Gasteiger partial charge in [0.2, 0.25) is 0 Å². The largest absolute Gasteiger partial charge is 0.375 e. The van der Waals surface area contributed by atoms with Gasteiger partial charge in [-0.1, -0.05) is 22.9 Å². The Kier molecular flexibility index (Phi) is 3.26. The molecule has 3 N–H and O–H groups in total. The summed E-state index contributed by atoms with van der Waals surface area (Å²) in [6.45, 7) is 0. The first-order chi connectivity index (χ1) is 8.06. The average molecular weight is 272 g/mol.